The maximum atomic E-state index is 13.6. The highest BCUT2D eigenvalue weighted by molar-refractivity contribution is 5.77. The Morgan fingerprint density at radius 3 is 1.22 bits per heavy atom. The van der Waals surface area contributed by atoms with Crippen LogP contribution in [0.25, 0.3) is 0 Å². The Hall–Kier alpha value is -4.97. The average molecular weight is 2120 g/mol. The van der Waals surface area contributed by atoms with Gasteiger partial charge in [0.25, 0.3) is 17.4 Å². The van der Waals surface area contributed by atoms with Crippen molar-refractivity contribution in [3.63, 3.8) is 0 Å². The zero-order valence-corrected chi connectivity index (χ0v) is 74.3. The minimum atomic E-state index is -3.78. The molecule has 0 bridgehead atoms. The maximum Gasteiger partial charge on any atom is 0.364 e. The normalized spacial score (nSPS) is 48.8. The summed E-state index contributed by atoms with van der Waals surface area (Å²) in [6, 6.07) is -2.19. The van der Waals surface area contributed by atoms with Gasteiger partial charge in [0.15, 0.2) is 62.5 Å². The van der Waals surface area contributed by atoms with Gasteiger partial charge < -0.3 is 315 Å². The Labute approximate surface area is 805 Å². The van der Waals surface area contributed by atoms with Crippen molar-refractivity contribution in [2.45, 2.75) is 380 Å². The minimum absolute atomic E-state index is 1.15. The number of aliphatic hydroxyl groups excluding tert-OH is 35. The molecule has 43 N–H and O–H groups in total. The van der Waals surface area contributed by atoms with Gasteiger partial charge in [0.05, 0.1) is 83.8 Å². The molecule has 11 saturated heterocycles. The quantitative estimate of drug-likeness (QED) is 0.0270. The van der Waals surface area contributed by atoms with Crippen LogP contribution < -0.4 is 5.73 Å². The molecule has 0 unspecified atom stereocenters. The highest BCUT2D eigenvalue weighted by Gasteiger charge is 2.67. The fourth-order valence-electron chi connectivity index (χ4n) is 17.9. The van der Waals surface area contributed by atoms with E-state index in [0.717, 1.165) is 0 Å². The number of carboxylic acid groups (broad SMARTS) is 5. The molecular formula is C76H123NO67. The smallest absolute Gasteiger partial charge is 0.364 e. The van der Waals surface area contributed by atoms with Gasteiger partial charge in [-0.25, -0.2) is 24.0 Å². The van der Waals surface area contributed by atoms with E-state index in [0.29, 0.717) is 0 Å². The molecule has 144 heavy (non-hydrogen) atoms. The van der Waals surface area contributed by atoms with Crippen molar-refractivity contribution < 1.29 is 333 Å². The van der Waals surface area contributed by atoms with E-state index in [4.69, 9.17) is 105 Å². The van der Waals surface area contributed by atoms with Gasteiger partial charge in [0.1, 0.15) is 256 Å². The van der Waals surface area contributed by atoms with Crippen LogP contribution in [-0.2, 0) is 123 Å². The fourth-order valence-corrected chi connectivity index (χ4v) is 17.9. The summed E-state index contributed by atoms with van der Waals surface area (Å²) in [6.45, 7) is -12.6. The lowest BCUT2D eigenvalue weighted by Crippen LogP contribution is -2.71. The molecule has 68 heteroatoms. The molecule has 68 nitrogen and oxygen atoms in total. The van der Waals surface area contributed by atoms with Gasteiger partial charge in [-0.15, -0.1) is 0 Å². The minimum Gasteiger partial charge on any atom is -0.479 e. The topological polar surface area (TPSA) is 1130 Å². The first-order valence-electron chi connectivity index (χ1n) is 44.3. The summed E-state index contributed by atoms with van der Waals surface area (Å²) in [4.78, 5) is 65.3. The summed E-state index contributed by atoms with van der Waals surface area (Å²) >= 11 is 0. The summed E-state index contributed by atoms with van der Waals surface area (Å²) < 4.78 is 119. The van der Waals surface area contributed by atoms with Crippen LogP contribution in [-0.4, -0.2) is 659 Å². The van der Waals surface area contributed by atoms with Crippen molar-refractivity contribution in [1.82, 2.24) is 0 Å². The van der Waals surface area contributed by atoms with Crippen molar-refractivity contribution in [2.24, 2.45) is 5.73 Å². The van der Waals surface area contributed by atoms with Crippen LogP contribution in [0.4, 0.5) is 0 Å². The molecule has 11 rings (SSSR count). The van der Waals surface area contributed by atoms with E-state index in [1.165, 1.54) is 0 Å². The standard InChI is InChI=1S/C76H123NO67/c77-25-30(96)28(94)24(12-126-75(72(119)120)3-21(29(95)51(143-75)16(87)6-80)127-66-42(108)33(99)35(101)47(131-66)14(85)4-78)129-63(25)136-56-38(104)43(109)68(140-60(56)62(115)116)135-55-44(110)49(20(91)11-124-64-39(105)32(98)36(102)48(130-64)19(90)10-125-65-40(106)34(100)37(103)58(138-65)61(113)114)132-69(45(55)111)137-57-46(112)70(133-52(17(88)7-81)59(57)139-67-41(107)31(97)27(93)23(9-83)128-67)134-54-22(2-74(123,71(117)118)142-53(54)18(89)8-82)141-76(73(121)122)1-13(84)26(92)50(144-76)15(86)5-79/h13-60,63-70,78-112,123H,1-12,77H2,(H,113,114)(H,115,116)(H,117,118)(H,119,120)(H,121,122)/t13-,14+,15-,16-,17+,18-,19+,20+,21-,22-,23-,24-,25-,26-,27-,28-,29-,30-,31+,32+,33+,34+,35+,36+,37-,38-,39+,40-,41-,42+,43-,44-,45+,46+,47-,48-,49-,50-,51-,52-,53-,54-,55+,56-,57-,58+,59-,60+,63-,64+,65-,66+,67+,68+,69-,70-,74-,75-,76-/m1/s1. The van der Waals surface area contributed by atoms with E-state index in [-0.39, 0.29) is 0 Å². The van der Waals surface area contributed by atoms with Gasteiger partial charge in [-0.2, -0.15) is 0 Å². The molecule has 11 heterocycles. The van der Waals surface area contributed by atoms with Gasteiger partial charge in [-0.3, -0.25) is 0 Å². The summed E-state index contributed by atoms with van der Waals surface area (Å²) in [5, 5.41) is 453. The molecule has 11 fully saturated rings. The van der Waals surface area contributed by atoms with E-state index < -0.39 is 469 Å². The second-order valence-electron chi connectivity index (χ2n) is 35.9. The van der Waals surface area contributed by atoms with Crippen molar-refractivity contribution in [2.75, 3.05) is 59.5 Å². The van der Waals surface area contributed by atoms with Gasteiger partial charge in [-0.1, -0.05) is 0 Å². The van der Waals surface area contributed by atoms with Crippen LogP contribution in [0.3, 0.4) is 0 Å². The van der Waals surface area contributed by atoms with E-state index in [1.807, 2.05) is 0 Å². The van der Waals surface area contributed by atoms with E-state index in [9.17, 15) is 233 Å². The van der Waals surface area contributed by atoms with Crippen molar-refractivity contribution >= 4 is 29.8 Å². The Morgan fingerprint density at radius 1 is 0.299 bits per heavy atom. The number of carbonyl (C=O) groups is 5. The Balaban J connectivity index is 0.936. The van der Waals surface area contributed by atoms with Crippen LogP contribution >= 0.6 is 0 Å². The number of hydrogen-bond acceptors (Lipinski definition) is 63. The molecule has 0 amide bonds. The molecule has 834 valence electrons. The summed E-state index contributed by atoms with van der Waals surface area (Å²) in [5.41, 5.74) is 6.22. The van der Waals surface area contributed by atoms with Gasteiger partial charge in [0.2, 0.25) is 0 Å². The second-order valence-corrected chi connectivity index (χ2v) is 35.9. The van der Waals surface area contributed by atoms with E-state index >= 15 is 0 Å². The van der Waals surface area contributed by atoms with Crippen LogP contribution in [0, 0.1) is 0 Å². The number of rotatable bonds is 41. The van der Waals surface area contributed by atoms with Gasteiger partial charge in [-0.05, 0) is 0 Å². The molecule has 0 radical (unpaired) electrons. The molecular weight excluding hydrogens is 2000 g/mol. The number of aliphatic hydroxyl groups is 36. The molecule has 0 aromatic carbocycles. The first-order chi connectivity index (χ1) is 67.5. The third kappa shape index (κ3) is 24.8. The number of nitrogens with two attached hydrogens (primary N) is 1. The zero-order chi connectivity index (χ0) is 107. The summed E-state index contributed by atoms with van der Waals surface area (Å²) in [5.74, 6) is -21.9. The van der Waals surface area contributed by atoms with Crippen LogP contribution in [0.5, 0.6) is 0 Å². The van der Waals surface area contributed by atoms with Crippen molar-refractivity contribution in [3.05, 3.63) is 0 Å². The Morgan fingerprint density at radius 2 is 0.688 bits per heavy atom. The van der Waals surface area contributed by atoms with E-state index in [1.54, 1.807) is 0 Å². The first kappa shape index (κ1) is 119. The highest BCUT2D eigenvalue weighted by Crippen LogP contribution is 2.46. The van der Waals surface area contributed by atoms with Crippen molar-refractivity contribution in [1.29, 1.82) is 0 Å². The Kier molecular flexibility index (Phi) is 40.9. The maximum absolute atomic E-state index is 13.6. The molecule has 0 saturated carbocycles. The largest absolute Gasteiger partial charge is 0.479 e. The predicted octanol–water partition coefficient (Wildman–Crippen LogP) is -27.9. The monoisotopic (exact) mass is 2120 g/mol. The molecule has 11 aliphatic heterocycles. The molecule has 11 aliphatic rings. The highest BCUT2D eigenvalue weighted by atomic mass is 16.8. The molecule has 0 spiro atoms. The molecule has 0 aromatic heterocycles. The number of carboxylic acids is 5. The lowest BCUT2D eigenvalue weighted by atomic mass is 9.89. The SMILES string of the molecule is N[C@H]1[C@@H](O[C@@H]2[C@H](O)[C@@H](O)[C@@H](O[C@@H]3[C@H](O)[C@@H](O[C@@H]4[C@H](O)[C@@H](O[C@H]5[C@@H]([C@H](O)CO)O[C@@](O)(C(=O)O)C[C@H]5O[C@]5(C(=O)O)C[C@@H](O)[C@@H](O)[C@@H]([C@H](O)CO)O5)O[C@H]([C@@H](O)CO)[C@H]4O[C@@H]4O[C@H](CO)[C@@H](O)[C@H](O)[C@H]4O)O[C@H]([C@@H](O)CO[C@H]4O[C@H]([C@@H](O)CO[C@@H]5O[C@H](C(=O)O)[C@H](O)[C@H](O)[C@H]5O)[C@@H](O)[C@H](O)[C@@H]4O)[C@H]3O)O[C@@H]2C(=O)O)O[C@H](CO[C@]2(C(=O)O)C[C@@H](O[C@H]3O[C@H]([C@@H](O)CO)[C@@H](O)[C@H](O)[C@@H]3O)[C@@H](O)[C@@H]([C@H](O)CO)O2)[C@@H](O)[C@@H]1O. The Bertz CT molecular complexity index is 4090. The van der Waals surface area contributed by atoms with Crippen LogP contribution in [0.15, 0.2) is 0 Å². The molecule has 59 atom stereocenters. The summed E-state index contributed by atoms with van der Waals surface area (Å²) in [6.07, 6.45) is -144. The number of aliphatic carboxylic acids is 5. The fraction of sp³-hybridized carbons (Fsp3) is 0.934. The number of hydrogen-bond donors (Lipinski definition) is 42. The van der Waals surface area contributed by atoms with E-state index in [2.05, 4.69) is 0 Å². The van der Waals surface area contributed by atoms with Crippen LogP contribution in [0.1, 0.15) is 19.3 Å². The first-order valence-corrected chi connectivity index (χ1v) is 44.3. The lowest BCUT2D eigenvalue weighted by molar-refractivity contribution is -0.416. The second kappa shape index (κ2) is 49.4. The molecule has 0 aromatic rings. The van der Waals surface area contributed by atoms with Crippen molar-refractivity contribution in [3.8, 4) is 0 Å². The third-order valence-corrected chi connectivity index (χ3v) is 26.1. The average Bonchev–Trinajstić information content (AvgIpc) is 0.740. The third-order valence-electron chi connectivity index (χ3n) is 26.1. The lowest BCUT2D eigenvalue weighted by Gasteiger charge is -2.53. The van der Waals surface area contributed by atoms with Crippen LogP contribution in [0.2, 0.25) is 0 Å². The predicted molar refractivity (Wildman–Crippen MR) is 423 cm³/mol. The molecule has 0 aliphatic carbocycles. The number of ether oxygens (including phenoxy) is 21. The zero-order valence-electron chi connectivity index (χ0n) is 74.3. The van der Waals surface area contributed by atoms with Gasteiger partial charge in [0, 0.05) is 19.3 Å². The summed E-state index contributed by atoms with van der Waals surface area (Å²) in [7, 11) is 0. The van der Waals surface area contributed by atoms with Gasteiger partial charge >= 0.3 is 29.8 Å².